The van der Waals surface area contributed by atoms with Crippen LogP contribution in [0, 0.1) is 0 Å². The first kappa shape index (κ1) is 17.3. The highest BCUT2D eigenvalue weighted by Gasteiger charge is 2.04. The van der Waals surface area contributed by atoms with Crippen LogP contribution in [0.25, 0.3) is 0 Å². The second-order valence-corrected chi connectivity index (χ2v) is 6.43. The summed E-state index contributed by atoms with van der Waals surface area (Å²) in [6.45, 7) is 1.53. The van der Waals surface area contributed by atoms with Gasteiger partial charge in [0.2, 0.25) is 5.91 Å². The molecule has 0 fully saturated rings. The van der Waals surface area contributed by atoms with Crippen LogP contribution >= 0.6 is 11.8 Å². The largest absolute Gasteiger partial charge is 0.326 e. The number of ketones is 1. The number of anilines is 1. The Morgan fingerprint density at radius 1 is 1.00 bits per heavy atom. The molecule has 2 aromatic rings. The second kappa shape index (κ2) is 9.16. The molecule has 0 aromatic heterocycles. The Kier molecular flexibility index (Phi) is 6.88. The quantitative estimate of drug-likeness (QED) is 0.572. The molecule has 0 saturated carbocycles. The third kappa shape index (κ3) is 6.28. The average molecular weight is 327 g/mol. The Morgan fingerprint density at radius 2 is 1.70 bits per heavy atom. The van der Waals surface area contributed by atoms with E-state index >= 15 is 0 Å². The summed E-state index contributed by atoms with van der Waals surface area (Å²) in [7, 11) is 0. The molecule has 0 unspecified atom stereocenters. The maximum atomic E-state index is 11.9. The van der Waals surface area contributed by atoms with Crippen molar-refractivity contribution >= 4 is 29.1 Å². The molecule has 0 aliphatic rings. The first-order chi connectivity index (χ1) is 11.1. The fourth-order valence-corrected chi connectivity index (χ4v) is 3.03. The van der Waals surface area contributed by atoms with Crippen molar-refractivity contribution in [1.82, 2.24) is 0 Å². The highest BCUT2D eigenvalue weighted by molar-refractivity contribution is 7.98. The van der Waals surface area contributed by atoms with Crippen molar-refractivity contribution in [2.24, 2.45) is 0 Å². The number of rotatable bonds is 8. The molecule has 0 aliphatic heterocycles. The van der Waals surface area contributed by atoms with Gasteiger partial charge in [0.1, 0.15) is 0 Å². The Hall–Kier alpha value is -2.07. The number of thioether (sulfide) groups is 1. The predicted molar refractivity (Wildman–Crippen MR) is 96.9 cm³/mol. The van der Waals surface area contributed by atoms with Crippen molar-refractivity contribution in [3.63, 3.8) is 0 Å². The third-order valence-corrected chi connectivity index (χ3v) is 4.49. The van der Waals surface area contributed by atoms with E-state index in [-0.39, 0.29) is 11.7 Å². The zero-order valence-corrected chi connectivity index (χ0v) is 14.1. The van der Waals surface area contributed by atoms with Gasteiger partial charge in [-0.05, 0) is 48.9 Å². The molecule has 2 rings (SSSR count). The first-order valence-electron chi connectivity index (χ1n) is 7.67. The van der Waals surface area contributed by atoms with E-state index in [9.17, 15) is 9.59 Å². The van der Waals surface area contributed by atoms with E-state index in [1.165, 1.54) is 12.5 Å². The average Bonchev–Trinajstić information content (AvgIpc) is 2.56. The molecular weight excluding hydrogens is 306 g/mol. The predicted octanol–water partition coefficient (Wildman–Crippen LogP) is 4.54. The van der Waals surface area contributed by atoms with Crippen molar-refractivity contribution < 1.29 is 9.59 Å². The number of hydrogen-bond acceptors (Lipinski definition) is 3. The molecule has 1 N–H and O–H groups in total. The van der Waals surface area contributed by atoms with Gasteiger partial charge in [0.05, 0.1) is 0 Å². The number of Topliss-reactive ketones (excluding diaryl/α,β-unsaturated/α-hetero) is 1. The van der Waals surface area contributed by atoms with Gasteiger partial charge in [-0.3, -0.25) is 9.59 Å². The standard InChI is InChI=1S/C19H21NO2S/c1-15(21)17-9-11-18(12-10-17)20-19(22)8-5-13-23-14-16-6-3-2-4-7-16/h2-4,6-7,9-12H,5,8,13-14H2,1H3,(H,20,22). The molecule has 23 heavy (non-hydrogen) atoms. The number of nitrogens with one attached hydrogen (secondary N) is 1. The highest BCUT2D eigenvalue weighted by Crippen LogP contribution is 2.14. The van der Waals surface area contributed by atoms with E-state index in [2.05, 4.69) is 17.4 Å². The summed E-state index contributed by atoms with van der Waals surface area (Å²) in [5.74, 6) is 1.99. The lowest BCUT2D eigenvalue weighted by Crippen LogP contribution is -2.11. The van der Waals surface area contributed by atoms with Gasteiger partial charge >= 0.3 is 0 Å². The van der Waals surface area contributed by atoms with Gasteiger partial charge in [-0.2, -0.15) is 11.8 Å². The first-order valence-corrected chi connectivity index (χ1v) is 8.83. The summed E-state index contributed by atoms with van der Waals surface area (Å²) in [5.41, 5.74) is 2.70. The fraction of sp³-hybridized carbons (Fsp3) is 0.263. The summed E-state index contributed by atoms with van der Waals surface area (Å²) >= 11 is 1.84. The normalized spacial score (nSPS) is 10.3. The summed E-state index contributed by atoms with van der Waals surface area (Å²) in [6.07, 6.45) is 1.37. The molecule has 0 atom stereocenters. The molecule has 3 nitrogen and oxygen atoms in total. The molecule has 120 valence electrons. The van der Waals surface area contributed by atoms with Gasteiger partial charge in [-0.25, -0.2) is 0 Å². The van der Waals surface area contributed by atoms with Gasteiger partial charge in [0, 0.05) is 23.4 Å². The van der Waals surface area contributed by atoms with E-state index in [0.717, 1.165) is 23.6 Å². The van der Waals surface area contributed by atoms with Gasteiger partial charge in [0.15, 0.2) is 5.78 Å². The second-order valence-electron chi connectivity index (χ2n) is 5.32. The van der Waals surface area contributed by atoms with Crippen molar-refractivity contribution in [2.45, 2.75) is 25.5 Å². The van der Waals surface area contributed by atoms with Crippen molar-refractivity contribution in [3.05, 3.63) is 65.7 Å². The smallest absolute Gasteiger partial charge is 0.224 e. The van der Waals surface area contributed by atoms with E-state index in [1.807, 2.05) is 30.0 Å². The zero-order chi connectivity index (χ0) is 16.5. The zero-order valence-electron chi connectivity index (χ0n) is 13.2. The van der Waals surface area contributed by atoms with Crippen LogP contribution in [-0.2, 0) is 10.5 Å². The lowest BCUT2D eigenvalue weighted by Gasteiger charge is -2.06. The Labute approximate surface area is 141 Å². The van der Waals surface area contributed by atoms with Crippen LogP contribution in [0.3, 0.4) is 0 Å². The fourth-order valence-electron chi connectivity index (χ4n) is 2.11. The molecule has 0 aliphatic carbocycles. The molecule has 0 saturated heterocycles. The van der Waals surface area contributed by atoms with Crippen LogP contribution in [-0.4, -0.2) is 17.4 Å². The van der Waals surface area contributed by atoms with Gasteiger partial charge in [-0.1, -0.05) is 30.3 Å². The lowest BCUT2D eigenvalue weighted by atomic mass is 10.1. The minimum Gasteiger partial charge on any atom is -0.326 e. The molecule has 0 spiro atoms. The number of benzene rings is 2. The summed E-state index contributed by atoms with van der Waals surface area (Å²) < 4.78 is 0. The molecule has 4 heteroatoms. The molecule has 1 amide bonds. The van der Waals surface area contributed by atoms with Crippen LogP contribution < -0.4 is 5.32 Å². The molecule has 0 bridgehead atoms. The topological polar surface area (TPSA) is 46.2 Å². The van der Waals surface area contributed by atoms with E-state index in [0.29, 0.717) is 12.0 Å². The van der Waals surface area contributed by atoms with Crippen molar-refractivity contribution in [2.75, 3.05) is 11.1 Å². The highest BCUT2D eigenvalue weighted by atomic mass is 32.2. The van der Waals surface area contributed by atoms with E-state index in [1.54, 1.807) is 24.3 Å². The van der Waals surface area contributed by atoms with Gasteiger partial charge in [-0.15, -0.1) is 0 Å². The molecule has 0 heterocycles. The van der Waals surface area contributed by atoms with Crippen LogP contribution in [0.5, 0.6) is 0 Å². The van der Waals surface area contributed by atoms with E-state index < -0.39 is 0 Å². The minimum absolute atomic E-state index is 0.0147. The van der Waals surface area contributed by atoms with Crippen molar-refractivity contribution in [1.29, 1.82) is 0 Å². The summed E-state index contributed by atoms with van der Waals surface area (Å²) in [5, 5.41) is 2.86. The Bertz CT molecular complexity index is 638. The van der Waals surface area contributed by atoms with Crippen LogP contribution in [0.2, 0.25) is 0 Å². The van der Waals surface area contributed by atoms with E-state index in [4.69, 9.17) is 0 Å². The Morgan fingerprint density at radius 3 is 2.35 bits per heavy atom. The number of amides is 1. The third-order valence-electron chi connectivity index (χ3n) is 3.38. The summed E-state index contributed by atoms with van der Waals surface area (Å²) in [6, 6.07) is 17.3. The maximum Gasteiger partial charge on any atom is 0.224 e. The monoisotopic (exact) mass is 327 g/mol. The molecule has 2 aromatic carbocycles. The van der Waals surface area contributed by atoms with Crippen molar-refractivity contribution in [3.8, 4) is 0 Å². The number of carbonyl (C=O) groups is 2. The number of hydrogen-bond donors (Lipinski definition) is 1. The van der Waals surface area contributed by atoms with Crippen LogP contribution in [0.4, 0.5) is 5.69 Å². The summed E-state index contributed by atoms with van der Waals surface area (Å²) in [4.78, 5) is 23.1. The molecular formula is C19H21NO2S. The van der Waals surface area contributed by atoms with Crippen LogP contribution in [0.15, 0.2) is 54.6 Å². The minimum atomic E-state index is 0.0147. The maximum absolute atomic E-state index is 11.9. The molecule has 0 radical (unpaired) electrons. The number of carbonyl (C=O) groups excluding carboxylic acids is 2. The van der Waals surface area contributed by atoms with Gasteiger partial charge < -0.3 is 5.32 Å². The Balaban J connectivity index is 1.64. The SMILES string of the molecule is CC(=O)c1ccc(NC(=O)CCCSCc2ccccc2)cc1. The van der Waals surface area contributed by atoms with Crippen LogP contribution in [0.1, 0.15) is 35.7 Å². The van der Waals surface area contributed by atoms with Gasteiger partial charge in [0.25, 0.3) is 0 Å². The lowest BCUT2D eigenvalue weighted by molar-refractivity contribution is -0.116.